The first-order valence-corrected chi connectivity index (χ1v) is 7.51. The van der Waals surface area contributed by atoms with Gasteiger partial charge in [-0.25, -0.2) is 0 Å². The lowest BCUT2D eigenvalue weighted by Gasteiger charge is -2.04. The summed E-state index contributed by atoms with van der Waals surface area (Å²) in [6.07, 6.45) is 1.09. The molecule has 0 aliphatic carbocycles. The quantitative estimate of drug-likeness (QED) is 0.682. The fourth-order valence-electron chi connectivity index (χ4n) is 2.27. The van der Waals surface area contributed by atoms with Crippen LogP contribution in [0, 0.1) is 0 Å². The predicted octanol–water partition coefficient (Wildman–Crippen LogP) is 4.23. The number of hydrogen-bond donors (Lipinski definition) is 1. The molecule has 3 rings (SSSR count). The summed E-state index contributed by atoms with van der Waals surface area (Å²) in [5, 5.41) is 7.19. The van der Waals surface area contributed by atoms with Crippen molar-refractivity contribution >= 4 is 21.4 Å². The van der Waals surface area contributed by atoms with Crippen LogP contribution in [0.3, 0.4) is 0 Å². The van der Waals surface area contributed by atoms with Gasteiger partial charge in [-0.15, -0.1) is 11.3 Å². The normalized spacial score (nSPS) is 10.9. The molecule has 0 bridgehead atoms. The van der Waals surface area contributed by atoms with Crippen molar-refractivity contribution in [3.63, 3.8) is 0 Å². The molecule has 1 nitrogen and oxygen atoms in total. The van der Waals surface area contributed by atoms with E-state index < -0.39 is 0 Å². The minimum atomic E-state index is 0.955. The number of benzene rings is 2. The maximum absolute atomic E-state index is 3.54. The summed E-state index contributed by atoms with van der Waals surface area (Å²) in [4.78, 5) is 0. The average Bonchev–Trinajstić information content (AvgIpc) is 2.88. The Morgan fingerprint density at radius 2 is 1.68 bits per heavy atom. The van der Waals surface area contributed by atoms with Gasteiger partial charge in [0.15, 0.2) is 0 Å². The molecule has 0 saturated heterocycles. The standard InChI is InChI=1S/C17H17NS/c1-2-6-14(7-3-1)10-11-18-12-15-13-19-17-9-5-4-8-16(15)17/h1-9,13,18H,10-12H2. The second-order valence-electron chi connectivity index (χ2n) is 4.67. The molecule has 0 aliphatic heterocycles. The van der Waals surface area contributed by atoms with Gasteiger partial charge in [0.1, 0.15) is 0 Å². The zero-order valence-corrected chi connectivity index (χ0v) is 11.6. The van der Waals surface area contributed by atoms with Crippen molar-refractivity contribution in [1.82, 2.24) is 5.32 Å². The summed E-state index contributed by atoms with van der Waals surface area (Å²) in [5.74, 6) is 0. The van der Waals surface area contributed by atoms with Crippen molar-refractivity contribution in [2.24, 2.45) is 0 Å². The van der Waals surface area contributed by atoms with Gasteiger partial charge in [-0.05, 0) is 40.9 Å². The van der Waals surface area contributed by atoms with Gasteiger partial charge < -0.3 is 5.32 Å². The van der Waals surface area contributed by atoms with Crippen molar-refractivity contribution in [1.29, 1.82) is 0 Å². The largest absolute Gasteiger partial charge is 0.312 e. The van der Waals surface area contributed by atoms with Crippen molar-refractivity contribution < 1.29 is 0 Å². The Kier molecular flexibility index (Phi) is 3.92. The Morgan fingerprint density at radius 3 is 2.58 bits per heavy atom. The third-order valence-corrected chi connectivity index (χ3v) is 4.32. The first kappa shape index (κ1) is 12.4. The molecule has 0 saturated carbocycles. The van der Waals surface area contributed by atoms with Crippen LogP contribution in [0.1, 0.15) is 11.1 Å². The summed E-state index contributed by atoms with van der Waals surface area (Å²) < 4.78 is 1.38. The fraction of sp³-hybridized carbons (Fsp3) is 0.176. The van der Waals surface area contributed by atoms with Gasteiger partial charge in [0, 0.05) is 11.2 Å². The van der Waals surface area contributed by atoms with Crippen LogP contribution in [0.4, 0.5) is 0 Å². The van der Waals surface area contributed by atoms with Crippen molar-refractivity contribution in [2.75, 3.05) is 6.54 Å². The summed E-state index contributed by atoms with van der Waals surface area (Å²) in [6, 6.07) is 19.2. The summed E-state index contributed by atoms with van der Waals surface area (Å²) in [5.41, 5.74) is 2.80. The molecule has 0 aliphatic rings. The van der Waals surface area contributed by atoms with Gasteiger partial charge in [-0.1, -0.05) is 48.5 Å². The number of fused-ring (bicyclic) bond motifs is 1. The van der Waals surface area contributed by atoms with Crippen LogP contribution in [0.15, 0.2) is 60.0 Å². The maximum atomic E-state index is 3.54. The molecule has 96 valence electrons. The first-order chi connectivity index (χ1) is 9.43. The second kappa shape index (κ2) is 6.00. The van der Waals surface area contributed by atoms with Crippen LogP contribution in [-0.2, 0) is 13.0 Å². The third kappa shape index (κ3) is 3.03. The average molecular weight is 267 g/mol. The van der Waals surface area contributed by atoms with Gasteiger partial charge in [0.25, 0.3) is 0 Å². The van der Waals surface area contributed by atoms with E-state index in [0.717, 1.165) is 19.5 Å². The van der Waals surface area contributed by atoms with Crippen LogP contribution < -0.4 is 5.32 Å². The minimum Gasteiger partial charge on any atom is -0.312 e. The maximum Gasteiger partial charge on any atom is 0.0346 e. The Labute approximate surface area is 117 Å². The highest BCUT2D eigenvalue weighted by Crippen LogP contribution is 2.25. The highest BCUT2D eigenvalue weighted by Gasteiger charge is 2.02. The molecule has 2 heteroatoms. The summed E-state index contributed by atoms with van der Waals surface area (Å²) in [6.45, 7) is 1.98. The zero-order chi connectivity index (χ0) is 12.9. The lowest BCUT2D eigenvalue weighted by molar-refractivity contribution is 0.691. The zero-order valence-electron chi connectivity index (χ0n) is 10.8. The summed E-state index contributed by atoms with van der Waals surface area (Å²) in [7, 11) is 0. The summed E-state index contributed by atoms with van der Waals surface area (Å²) >= 11 is 1.83. The number of thiophene rings is 1. The van der Waals surface area contributed by atoms with E-state index in [9.17, 15) is 0 Å². The molecule has 0 amide bonds. The molecule has 0 atom stereocenters. The van der Waals surface area contributed by atoms with Crippen LogP contribution in [0.25, 0.3) is 10.1 Å². The smallest absolute Gasteiger partial charge is 0.0346 e. The van der Waals surface area contributed by atoms with E-state index in [1.165, 1.54) is 21.2 Å². The van der Waals surface area contributed by atoms with Crippen molar-refractivity contribution in [3.05, 3.63) is 71.1 Å². The van der Waals surface area contributed by atoms with E-state index in [1.54, 1.807) is 0 Å². The van der Waals surface area contributed by atoms with Crippen LogP contribution >= 0.6 is 11.3 Å². The molecule has 19 heavy (non-hydrogen) atoms. The molecule has 0 radical (unpaired) electrons. The highest BCUT2D eigenvalue weighted by molar-refractivity contribution is 7.17. The number of hydrogen-bond acceptors (Lipinski definition) is 2. The Hall–Kier alpha value is -1.64. The monoisotopic (exact) mass is 267 g/mol. The van der Waals surface area contributed by atoms with E-state index in [0.29, 0.717) is 0 Å². The molecule has 3 aromatic rings. The van der Waals surface area contributed by atoms with E-state index in [2.05, 4.69) is 65.3 Å². The molecule has 0 spiro atoms. The molecule has 1 N–H and O–H groups in total. The topological polar surface area (TPSA) is 12.0 Å². The lowest BCUT2D eigenvalue weighted by atomic mass is 10.1. The minimum absolute atomic E-state index is 0.955. The van der Waals surface area contributed by atoms with Gasteiger partial charge >= 0.3 is 0 Å². The fourth-order valence-corrected chi connectivity index (χ4v) is 3.23. The van der Waals surface area contributed by atoms with Crippen molar-refractivity contribution in [3.8, 4) is 0 Å². The number of nitrogens with one attached hydrogen (secondary N) is 1. The van der Waals surface area contributed by atoms with Gasteiger partial charge in [0.2, 0.25) is 0 Å². The molecular weight excluding hydrogens is 250 g/mol. The predicted molar refractivity (Wildman–Crippen MR) is 83.7 cm³/mol. The van der Waals surface area contributed by atoms with Crippen LogP contribution in [-0.4, -0.2) is 6.54 Å². The molecule has 0 fully saturated rings. The van der Waals surface area contributed by atoms with E-state index in [4.69, 9.17) is 0 Å². The molecular formula is C17H17NS. The van der Waals surface area contributed by atoms with Crippen molar-refractivity contribution in [2.45, 2.75) is 13.0 Å². The van der Waals surface area contributed by atoms with E-state index in [-0.39, 0.29) is 0 Å². The lowest BCUT2D eigenvalue weighted by Crippen LogP contribution is -2.16. The molecule has 1 aromatic heterocycles. The first-order valence-electron chi connectivity index (χ1n) is 6.63. The van der Waals surface area contributed by atoms with Gasteiger partial charge in [-0.2, -0.15) is 0 Å². The van der Waals surface area contributed by atoms with Crippen LogP contribution in [0.5, 0.6) is 0 Å². The Bertz CT molecular complexity index is 642. The SMILES string of the molecule is c1ccc(CCNCc2csc3ccccc23)cc1. The Balaban J connectivity index is 1.55. The van der Waals surface area contributed by atoms with Crippen LogP contribution in [0.2, 0.25) is 0 Å². The third-order valence-electron chi connectivity index (χ3n) is 3.31. The van der Waals surface area contributed by atoms with Gasteiger partial charge in [-0.3, -0.25) is 0 Å². The van der Waals surface area contributed by atoms with E-state index in [1.807, 2.05) is 11.3 Å². The van der Waals surface area contributed by atoms with E-state index >= 15 is 0 Å². The molecule has 2 aromatic carbocycles. The second-order valence-corrected chi connectivity index (χ2v) is 5.58. The number of rotatable bonds is 5. The van der Waals surface area contributed by atoms with Gasteiger partial charge in [0.05, 0.1) is 0 Å². The highest BCUT2D eigenvalue weighted by atomic mass is 32.1. The molecule has 0 unspecified atom stereocenters. The Morgan fingerprint density at radius 1 is 0.895 bits per heavy atom. The molecule has 1 heterocycles.